The van der Waals surface area contributed by atoms with Crippen LogP contribution in [-0.4, -0.2) is 66.8 Å². The number of carbonyl (C=O) groups excluding carboxylic acids is 1. The first kappa shape index (κ1) is 26.8. The number of amides is 1. The number of aromatic nitrogens is 2. The molecule has 3 aromatic rings. The average molecular weight is 503 g/mol. The molecular formula is C22H32Cl2N4O3S. The van der Waals surface area contributed by atoms with Crippen LogP contribution in [0.3, 0.4) is 0 Å². The second-order valence-electron chi connectivity index (χ2n) is 7.88. The minimum absolute atomic E-state index is 0. The van der Waals surface area contributed by atoms with Gasteiger partial charge in [-0.3, -0.25) is 9.20 Å². The van der Waals surface area contributed by atoms with E-state index in [-0.39, 0.29) is 30.7 Å². The number of imidazole rings is 1. The maximum Gasteiger partial charge on any atom is 0.265 e. The lowest BCUT2D eigenvalue weighted by Gasteiger charge is -2.15. The third-order valence-corrected chi connectivity index (χ3v) is 6.51. The number of nitrogens with one attached hydrogen (secondary N) is 1. The van der Waals surface area contributed by atoms with E-state index in [0.29, 0.717) is 6.10 Å². The topological polar surface area (TPSA) is 68.1 Å². The Morgan fingerprint density at radius 3 is 2.97 bits per heavy atom. The van der Waals surface area contributed by atoms with Crippen LogP contribution in [0.15, 0.2) is 24.4 Å². The number of nitrogens with zero attached hydrogens (tertiary/aromatic N) is 3. The summed E-state index contributed by atoms with van der Waals surface area (Å²) >= 11 is 1.45. The molecule has 4 rings (SSSR count). The van der Waals surface area contributed by atoms with Crippen molar-refractivity contribution in [3.8, 4) is 0 Å². The quantitative estimate of drug-likeness (QED) is 0.421. The molecule has 1 N–H and O–H groups in total. The lowest BCUT2D eigenvalue weighted by atomic mass is 10.2. The highest BCUT2D eigenvalue weighted by Crippen LogP contribution is 2.25. The van der Waals surface area contributed by atoms with Crippen molar-refractivity contribution in [1.82, 2.24) is 19.6 Å². The minimum Gasteiger partial charge on any atom is -0.385 e. The van der Waals surface area contributed by atoms with E-state index >= 15 is 0 Å². The zero-order valence-corrected chi connectivity index (χ0v) is 21.0. The maximum absolute atomic E-state index is 12.8. The smallest absolute Gasteiger partial charge is 0.265 e. The van der Waals surface area contributed by atoms with Crippen molar-refractivity contribution >= 4 is 58.1 Å². The number of hydrogen-bond acceptors (Lipinski definition) is 6. The molecule has 0 spiro atoms. The number of hydrogen-bond donors (Lipinski definition) is 1. The summed E-state index contributed by atoms with van der Waals surface area (Å²) in [5.41, 5.74) is 3.20. The van der Waals surface area contributed by atoms with E-state index in [4.69, 9.17) is 14.5 Å². The molecule has 0 saturated carbocycles. The number of carbonyl (C=O) groups is 1. The van der Waals surface area contributed by atoms with Gasteiger partial charge in [0.25, 0.3) is 5.91 Å². The maximum atomic E-state index is 12.8. The number of unbranched alkanes of at least 4 members (excludes halogenated alkanes) is 1. The molecule has 10 heteroatoms. The van der Waals surface area contributed by atoms with Gasteiger partial charge in [-0.25, -0.2) is 4.98 Å². The summed E-state index contributed by atoms with van der Waals surface area (Å²) in [6.45, 7) is 4.01. The Hall–Kier alpha value is -1.42. The monoisotopic (exact) mass is 502 g/mol. The Morgan fingerprint density at radius 1 is 1.38 bits per heavy atom. The van der Waals surface area contributed by atoms with Gasteiger partial charge in [0, 0.05) is 53.2 Å². The van der Waals surface area contributed by atoms with E-state index in [1.807, 2.05) is 17.6 Å². The summed E-state index contributed by atoms with van der Waals surface area (Å²) in [6.07, 6.45) is 6.45. The lowest BCUT2D eigenvalue weighted by Crippen LogP contribution is -2.27. The van der Waals surface area contributed by atoms with Gasteiger partial charge in [0.1, 0.15) is 4.88 Å². The summed E-state index contributed by atoms with van der Waals surface area (Å²) in [7, 11) is 3.56. The summed E-state index contributed by atoms with van der Waals surface area (Å²) in [5.74, 6) is 0.0467. The number of rotatable bonds is 10. The molecule has 1 saturated heterocycles. The standard InChI is InChI=1S/C22H30N4O3S.2ClH/c1-25(9-3-4-10-28-2)21(27)20-15-26-19-12-16(7-8-18(19)24-22(26)30-20)13-23-14-17-6-5-11-29-17;;/h7-8,12,15,17,23H,3-6,9-11,13-14H2,1-2H3;2*1H/t17-;;/m1../s1. The summed E-state index contributed by atoms with van der Waals surface area (Å²) in [5, 5.41) is 3.49. The van der Waals surface area contributed by atoms with Crippen LogP contribution in [0, 0.1) is 0 Å². The van der Waals surface area contributed by atoms with Crippen LogP contribution >= 0.6 is 36.2 Å². The van der Waals surface area contributed by atoms with Gasteiger partial charge in [0.2, 0.25) is 0 Å². The van der Waals surface area contributed by atoms with Crippen LogP contribution in [0.2, 0.25) is 0 Å². The molecule has 0 unspecified atom stereocenters. The molecular weight excluding hydrogens is 471 g/mol. The molecule has 0 bridgehead atoms. The Morgan fingerprint density at radius 2 is 2.22 bits per heavy atom. The van der Waals surface area contributed by atoms with Crippen molar-refractivity contribution in [1.29, 1.82) is 0 Å². The molecule has 3 heterocycles. The predicted octanol–water partition coefficient (Wildman–Crippen LogP) is 4.16. The number of fused-ring (bicyclic) bond motifs is 3. The average Bonchev–Trinajstić information content (AvgIpc) is 3.47. The first-order valence-corrected chi connectivity index (χ1v) is 11.4. The molecule has 1 fully saturated rings. The molecule has 0 radical (unpaired) electrons. The summed E-state index contributed by atoms with van der Waals surface area (Å²) in [6, 6.07) is 6.33. The molecule has 1 amide bonds. The van der Waals surface area contributed by atoms with E-state index < -0.39 is 0 Å². The lowest BCUT2D eigenvalue weighted by molar-refractivity contribution is 0.0793. The zero-order valence-electron chi connectivity index (χ0n) is 18.5. The third kappa shape index (κ3) is 6.34. The van der Waals surface area contributed by atoms with Gasteiger partial charge in [-0.1, -0.05) is 17.4 Å². The molecule has 2 aromatic heterocycles. The number of benzene rings is 1. The zero-order chi connectivity index (χ0) is 20.9. The number of thiazole rings is 1. The van der Waals surface area contributed by atoms with Crippen LogP contribution < -0.4 is 5.32 Å². The SMILES string of the molecule is COCCCCN(C)C(=O)c1cn2c(nc3ccc(CNC[C@H]4CCCO4)cc32)s1.Cl.Cl. The Labute approximate surface area is 205 Å². The second kappa shape index (κ2) is 12.7. The number of halogens is 2. The van der Waals surface area contributed by atoms with Gasteiger partial charge in [-0.05, 0) is 43.4 Å². The number of methoxy groups -OCH3 is 1. The van der Waals surface area contributed by atoms with Crippen molar-refractivity contribution in [3.63, 3.8) is 0 Å². The molecule has 1 aromatic carbocycles. The van der Waals surface area contributed by atoms with Crippen molar-refractivity contribution in [3.05, 3.63) is 34.8 Å². The third-order valence-electron chi connectivity index (χ3n) is 5.54. The van der Waals surface area contributed by atoms with E-state index in [1.54, 1.807) is 12.0 Å². The van der Waals surface area contributed by atoms with Gasteiger partial charge in [-0.15, -0.1) is 24.8 Å². The van der Waals surface area contributed by atoms with E-state index in [0.717, 1.165) is 79.4 Å². The minimum atomic E-state index is 0. The molecule has 1 aliphatic rings. The van der Waals surface area contributed by atoms with E-state index in [9.17, 15) is 4.79 Å². The van der Waals surface area contributed by atoms with Crippen molar-refractivity contribution in [2.75, 3.05) is 40.5 Å². The fourth-order valence-electron chi connectivity index (χ4n) is 3.83. The normalized spacial score (nSPS) is 15.6. The first-order valence-electron chi connectivity index (χ1n) is 10.6. The largest absolute Gasteiger partial charge is 0.385 e. The van der Waals surface area contributed by atoms with E-state index in [1.165, 1.54) is 16.9 Å². The molecule has 32 heavy (non-hydrogen) atoms. The fraction of sp³-hybridized carbons (Fsp3) is 0.545. The van der Waals surface area contributed by atoms with Gasteiger partial charge in [-0.2, -0.15) is 0 Å². The highest BCUT2D eigenvalue weighted by molar-refractivity contribution is 7.18. The second-order valence-corrected chi connectivity index (χ2v) is 8.88. The van der Waals surface area contributed by atoms with Crippen LogP contribution in [0.5, 0.6) is 0 Å². The van der Waals surface area contributed by atoms with Crippen LogP contribution in [0.1, 0.15) is 40.9 Å². The van der Waals surface area contributed by atoms with Gasteiger partial charge < -0.3 is 19.7 Å². The Kier molecular flexibility index (Phi) is 10.7. The fourth-order valence-corrected chi connectivity index (χ4v) is 4.82. The molecule has 0 aliphatic carbocycles. The Bertz CT molecular complexity index is 1000. The molecule has 7 nitrogen and oxygen atoms in total. The highest BCUT2D eigenvalue weighted by Gasteiger charge is 2.18. The van der Waals surface area contributed by atoms with Gasteiger partial charge in [0.05, 0.1) is 17.1 Å². The summed E-state index contributed by atoms with van der Waals surface area (Å²) in [4.78, 5) is 20.8. The molecule has 178 valence electrons. The van der Waals surface area contributed by atoms with Gasteiger partial charge >= 0.3 is 0 Å². The van der Waals surface area contributed by atoms with Crippen molar-refractivity contribution < 1.29 is 14.3 Å². The van der Waals surface area contributed by atoms with E-state index in [2.05, 4.69) is 23.5 Å². The summed E-state index contributed by atoms with van der Waals surface area (Å²) < 4.78 is 12.8. The Balaban J connectivity index is 0.00000181. The number of ether oxygens (including phenoxy) is 2. The predicted molar refractivity (Wildman–Crippen MR) is 134 cm³/mol. The first-order chi connectivity index (χ1) is 14.7. The molecule has 1 aliphatic heterocycles. The van der Waals surface area contributed by atoms with Crippen molar-refractivity contribution in [2.45, 2.75) is 38.3 Å². The molecule has 1 atom stereocenters. The van der Waals surface area contributed by atoms with Crippen LogP contribution in [0.25, 0.3) is 16.0 Å². The van der Waals surface area contributed by atoms with Crippen molar-refractivity contribution in [2.24, 2.45) is 0 Å². The van der Waals surface area contributed by atoms with Crippen LogP contribution in [-0.2, 0) is 16.0 Å². The highest BCUT2D eigenvalue weighted by atomic mass is 35.5. The van der Waals surface area contributed by atoms with Gasteiger partial charge in [0.15, 0.2) is 4.96 Å². The van der Waals surface area contributed by atoms with Crippen LogP contribution in [0.4, 0.5) is 0 Å².